The summed E-state index contributed by atoms with van der Waals surface area (Å²) in [5, 5.41) is 0. The van der Waals surface area contributed by atoms with Crippen LogP contribution in [0.5, 0.6) is 5.75 Å². The van der Waals surface area contributed by atoms with Gasteiger partial charge in [-0.15, -0.1) is 0 Å². The summed E-state index contributed by atoms with van der Waals surface area (Å²) >= 11 is 0. The predicted molar refractivity (Wildman–Crippen MR) is 102 cm³/mol. The number of likely N-dealkylation sites (tertiary alicyclic amines) is 1. The number of rotatable bonds is 4. The number of carbonyl (C=O) groups is 1. The Balaban J connectivity index is 1.66. The van der Waals surface area contributed by atoms with Gasteiger partial charge in [0.05, 0.1) is 18.7 Å². The lowest BCUT2D eigenvalue weighted by Crippen LogP contribution is -2.38. The van der Waals surface area contributed by atoms with E-state index in [4.69, 9.17) is 9.15 Å². The zero-order chi connectivity index (χ0) is 19.0. The van der Waals surface area contributed by atoms with Gasteiger partial charge in [0.15, 0.2) is 5.58 Å². The summed E-state index contributed by atoms with van der Waals surface area (Å²) in [7, 11) is 1.63. The van der Waals surface area contributed by atoms with Crippen LogP contribution >= 0.6 is 0 Å². The quantitative estimate of drug-likeness (QED) is 0.709. The average Bonchev–Trinajstić information content (AvgIpc) is 3.30. The van der Waals surface area contributed by atoms with Crippen molar-refractivity contribution >= 4 is 17.0 Å². The molecule has 1 aliphatic heterocycles. The predicted octanol–water partition coefficient (Wildman–Crippen LogP) is 3.53. The summed E-state index contributed by atoms with van der Waals surface area (Å²) in [5.41, 5.74) is 2.19. The Labute approximate surface area is 157 Å². The molecule has 0 spiro atoms. The van der Waals surface area contributed by atoms with E-state index in [1.807, 2.05) is 35.2 Å². The smallest absolute Gasteiger partial charge is 0.420 e. The van der Waals surface area contributed by atoms with E-state index >= 15 is 0 Å². The molecule has 0 aliphatic carbocycles. The zero-order valence-corrected chi connectivity index (χ0v) is 15.4. The number of ether oxygens (including phenoxy) is 1. The standard InChI is InChI=1S/C21H22N2O4/c1-14(23-18-9-3-4-11-19(18)27-21(23)25)20(24)22-12-6-10-17(22)15-7-5-8-16(13-15)26-2/h3-5,7-9,11,13-14,17H,6,10,12H2,1-2H3. The van der Waals surface area contributed by atoms with E-state index in [1.165, 1.54) is 4.57 Å². The van der Waals surface area contributed by atoms with E-state index in [1.54, 1.807) is 32.2 Å². The number of hydrogen-bond acceptors (Lipinski definition) is 4. The third-order valence-corrected chi connectivity index (χ3v) is 5.28. The number of methoxy groups -OCH3 is 1. The van der Waals surface area contributed by atoms with Crippen molar-refractivity contribution in [3.8, 4) is 5.75 Å². The van der Waals surface area contributed by atoms with E-state index in [0.717, 1.165) is 24.2 Å². The summed E-state index contributed by atoms with van der Waals surface area (Å²) in [6.07, 6.45) is 1.83. The lowest BCUT2D eigenvalue weighted by Gasteiger charge is -2.28. The van der Waals surface area contributed by atoms with Crippen LogP contribution in [-0.2, 0) is 4.79 Å². The minimum Gasteiger partial charge on any atom is -0.497 e. The maximum absolute atomic E-state index is 13.3. The molecule has 1 aromatic heterocycles. The maximum atomic E-state index is 13.3. The van der Waals surface area contributed by atoms with Gasteiger partial charge < -0.3 is 14.1 Å². The molecular formula is C21H22N2O4. The van der Waals surface area contributed by atoms with Crippen LogP contribution in [0.3, 0.4) is 0 Å². The Morgan fingerprint density at radius 3 is 2.85 bits per heavy atom. The molecular weight excluding hydrogens is 344 g/mol. The molecule has 6 heteroatoms. The highest BCUT2D eigenvalue weighted by Gasteiger charge is 2.34. The maximum Gasteiger partial charge on any atom is 0.420 e. The van der Waals surface area contributed by atoms with E-state index in [-0.39, 0.29) is 11.9 Å². The van der Waals surface area contributed by atoms with Crippen LogP contribution in [-0.4, -0.2) is 29.0 Å². The molecule has 1 saturated heterocycles. The molecule has 1 aliphatic rings. The Hall–Kier alpha value is -3.02. The molecule has 3 aromatic rings. The lowest BCUT2D eigenvalue weighted by molar-refractivity contribution is -0.135. The van der Waals surface area contributed by atoms with Crippen LogP contribution < -0.4 is 10.5 Å². The number of oxazole rings is 1. The fraction of sp³-hybridized carbons (Fsp3) is 0.333. The van der Waals surface area contributed by atoms with Crippen molar-refractivity contribution in [1.82, 2.24) is 9.47 Å². The molecule has 2 unspecified atom stereocenters. The number of carbonyl (C=O) groups excluding carboxylic acids is 1. The first kappa shape index (κ1) is 17.4. The molecule has 0 saturated carbocycles. The summed E-state index contributed by atoms with van der Waals surface area (Å²) in [6.45, 7) is 2.43. The second-order valence-corrected chi connectivity index (χ2v) is 6.85. The SMILES string of the molecule is COc1cccc(C2CCCN2C(=O)C(C)n2c(=O)oc3ccccc32)c1. The summed E-state index contributed by atoms with van der Waals surface area (Å²) in [5.74, 6) is 0.194. The molecule has 2 atom stereocenters. The van der Waals surface area contributed by atoms with Gasteiger partial charge in [0.25, 0.3) is 0 Å². The summed E-state index contributed by atoms with van der Waals surface area (Å²) < 4.78 is 12.1. The fourth-order valence-corrected chi connectivity index (χ4v) is 3.93. The number of hydrogen-bond donors (Lipinski definition) is 0. The van der Waals surface area contributed by atoms with E-state index < -0.39 is 11.8 Å². The molecule has 1 fully saturated rings. The lowest BCUT2D eigenvalue weighted by atomic mass is 10.0. The number of benzene rings is 2. The third kappa shape index (κ3) is 3.01. The van der Waals surface area contributed by atoms with Gasteiger partial charge in [0, 0.05) is 6.54 Å². The van der Waals surface area contributed by atoms with Crippen molar-refractivity contribution in [2.75, 3.05) is 13.7 Å². The van der Waals surface area contributed by atoms with Crippen molar-refractivity contribution < 1.29 is 13.9 Å². The normalized spacial score (nSPS) is 18.0. The first-order valence-corrected chi connectivity index (χ1v) is 9.14. The van der Waals surface area contributed by atoms with Crippen molar-refractivity contribution in [2.24, 2.45) is 0 Å². The minimum atomic E-state index is -0.632. The Morgan fingerprint density at radius 2 is 2.04 bits per heavy atom. The van der Waals surface area contributed by atoms with Gasteiger partial charge in [-0.3, -0.25) is 9.36 Å². The van der Waals surface area contributed by atoms with Gasteiger partial charge in [0.1, 0.15) is 11.8 Å². The van der Waals surface area contributed by atoms with Gasteiger partial charge in [-0.1, -0.05) is 24.3 Å². The Bertz CT molecular complexity index is 1040. The highest BCUT2D eigenvalue weighted by Crippen LogP contribution is 2.35. The van der Waals surface area contributed by atoms with Crippen LogP contribution in [0.1, 0.15) is 37.4 Å². The number of aromatic nitrogens is 1. The van der Waals surface area contributed by atoms with Crippen molar-refractivity contribution in [3.05, 3.63) is 64.6 Å². The summed E-state index contributed by atoms with van der Waals surface area (Å²) in [4.78, 5) is 27.5. The first-order valence-electron chi connectivity index (χ1n) is 9.14. The largest absolute Gasteiger partial charge is 0.497 e. The minimum absolute atomic E-state index is 0.0103. The molecule has 140 valence electrons. The second-order valence-electron chi connectivity index (χ2n) is 6.85. The van der Waals surface area contributed by atoms with Crippen molar-refractivity contribution in [2.45, 2.75) is 31.8 Å². The van der Waals surface area contributed by atoms with Crippen molar-refractivity contribution in [1.29, 1.82) is 0 Å². The topological polar surface area (TPSA) is 64.7 Å². The van der Waals surface area contributed by atoms with E-state index in [2.05, 4.69) is 0 Å². The molecule has 27 heavy (non-hydrogen) atoms. The average molecular weight is 366 g/mol. The van der Waals surface area contributed by atoms with Gasteiger partial charge in [0.2, 0.25) is 5.91 Å². The molecule has 1 amide bonds. The van der Waals surface area contributed by atoms with Crippen LogP contribution in [0, 0.1) is 0 Å². The number of fused-ring (bicyclic) bond motifs is 1. The molecule has 0 bridgehead atoms. The highest BCUT2D eigenvalue weighted by molar-refractivity contribution is 5.83. The van der Waals surface area contributed by atoms with E-state index in [0.29, 0.717) is 17.6 Å². The monoisotopic (exact) mass is 366 g/mol. The molecule has 2 aromatic carbocycles. The number of para-hydroxylation sites is 2. The molecule has 6 nitrogen and oxygen atoms in total. The Morgan fingerprint density at radius 1 is 1.22 bits per heavy atom. The van der Waals surface area contributed by atoms with Crippen LogP contribution in [0.4, 0.5) is 0 Å². The highest BCUT2D eigenvalue weighted by atomic mass is 16.5. The number of nitrogens with zero attached hydrogens (tertiary/aromatic N) is 2. The van der Waals surface area contributed by atoms with Crippen LogP contribution in [0.2, 0.25) is 0 Å². The van der Waals surface area contributed by atoms with Gasteiger partial charge in [-0.05, 0) is 49.6 Å². The Kier molecular flexibility index (Phi) is 4.48. The fourth-order valence-electron chi connectivity index (χ4n) is 3.93. The van der Waals surface area contributed by atoms with Gasteiger partial charge >= 0.3 is 5.76 Å². The molecule has 0 radical (unpaired) electrons. The van der Waals surface area contributed by atoms with Crippen LogP contribution in [0.15, 0.2) is 57.7 Å². The first-order chi connectivity index (χ1) is 13.1. The van der Waals surface area contributed by atoms with Crippen LogP contribution in [0.25, 0.3) is 11.1 Å². The zero-order valence-electron chi connectivity index (χ0n) is 15.4. The number of amides is 1. The van der Waals surface area contributed by atoms with Gasteiger partial charge in [-0.2, -0.15) is 0 Å². The second kappa shape index (κ2) is 6.95. The van der Waals surface area contributed by atoms with E-state index in [9.17, 15) is 9.59 Å². The van der Waals surface area contributed by atoms with Crippen molar-refractivity contribution in [3.63, 3.8) is 0 Å². The molecule has 4 rings (SSSR count). The van der Waals surface area contributed by atoms with Gasteiger partial charge in [-0.25, -0.2) is 4.79 Å². The third-order valence-electron chi connectivity index (χ3n) is 5.28. The molecule has 2 heterocycles. The summed E-state index contributed by atoms with van der Waals surface area (Å²) in [6, 6.07) is 14.4. The molecule has 0 N–H and O–H groups in total.